The van der Waals surface area contributed by atoms with E-state index >= 15 is 0 Å². The maximum Gasteiger partial charge on any atom is 0.225 e. The van der Waals surface area contributed by atoms with Crippen LogP contribution in [-0.2, 0) is 22.6 Å². The number of carbonyl (C=O) groups is 2. The van der Waals surface area contributed by atoms with Gasteiger partial charge in [-0.25, -0.2) is 0 Å². The van der Waals surface area contributed by atoms with E-state index in [9.17, 15) is 9.59 Å². The van der Waals surface area contributed by atoms with Crippen LogP contribution >= 0.6 is 0 Å². The Hall–Kier alpha value is -2.56. The molecule has 0 aliphatic carbocycles. The van der Waals surface area contributed by atoms with Crippen LogP contribution in [0.5, 0.6) is 0 Å². The van der Waals surface area contributed by atoms with Gasteiger partial charge in [0.05, 0.1) is 12.5 Å². The van der Waals surface area contributed by atoms with Crippen LogP contribution in [0, 0.1) is 12.8 Å². The van der Waals surface area contributed by atoms with Crippen LogP contribution in [0.1, 0.15) is 23.5 Å². The Morgan fingerprint density at radius 1 is 1.25 bits per heavy atom. The Balaban J connectivity index is 1.47. The Bertz CT molecular complexity index is 708. The molecule has 2 aromatic rings. The lowest BCUT2D eigenvalue weighted by molar-refractivity contribution is -0.129. The first-order chi connectivity index (χ1) is 11.6. The maximum atomic E-state index is 12.3. The molecule has 1 aliphatic rings. The van der Waals surface area contributed by atoms with Gasteiger partial charge in [0.2, 0.25) is 11.8 Å². The molecule has 0 spiro atoms. The lowest BCUT2D eigenvalue weighted by Gasteiger charge is -2.16. The minimum atomic E-state index is -0.274. The van der Waals surface area contributed by atoms with E-state index in [4.69, 9.17) is 4.42 Å². The lowest BCUT2D eigenvalue weighted by atomic mass is 10.1. The monoisotopic (exact) mass is 326 g/mol. The van der Waals surface area contributed by atoms with Crippen molar-refractivity contribution in [1.82, 2.24) is 10.2 Å². The number of furan rings is 1. The summed E-state index contributed by atoms with van der Waals surface area (Å²) in [5.41, 5.74) is 1.20. The van der Waals surface area contributed by atoms with Crippen LogP contribution in [0.15, 0.2) is 46.9 Å². The topological polar surface area (TPSA) is 62.6 Å². The second kappa shape index (κ2) is 7.34. The van der Waals surface area contributed by atoms with E-state index in [0.29, 0.717) is 19.6 Å². The van der Waals surface area contributed by atoms with Crippen LogP contribution in [0.2, 0.25) is 0 Å². The van der Waals surface area contributed by atoms with Gasteiger partial charge in [-0.3, -0.25) is 9.59 Å². The predicted octanol–water partition coefficient (Wildman–Crippen LogP) is 2.30. The van der Waals surface area contributed by atoms with Gasteiger partial charge in [-0.15, -0.1) is 0 Å². The van der Waals surface area contributed by atoms with E-state index in [0.717, 1.165) is 17.9 Å². The summed E-state index contributed by atoms with van der Waals surface area (Å²) in [6.07, 6.45) is 1.10. The SMILES string of the molecule is Cc1ccc(CNC(=O)C2CC(=O)N(CCc3ccccc3)C2)o1. The third kappa shape index (κ3) is 4.04. The fourth-order valence-electron chi connectivity index (χ4n) is 2.97. The molecule has 2 amide bonds. The summed E-state index contributed by atoms with van der Waals surface area (Å²) in [7, 11) is 0. The molecule has 1 aromatic carbocycles. The fourth-order valence-corrected chi connectivity index (χ4v) is 2.97. The van der Waals surface area contributed by atoms with Crippen molar-refractivity contribution in [2.24, 2.45) is 5.92 Å². The van der Waals surface area contributed by atoms with Crippen LogP contribution in [0.4, 0.5) is 0 Å². The lowest BCUT2D eigenvalue weighted by Crippen LogP contribution is -2.33. The largest absolute Gasteiger partial charge is 0.465 e. The zero-order chi connectivity index (χ0) is 16.9. The zero-order valence-corrected chi connectivity index (χ0v) is 13.8. The quantitative estimate of drug-likeness (QED) is 0.886. The molecule has 1 saturated heterocycles. The molecule has 0 radical (unpaired) electrons. The summed E-state index contributed by atoms with van der Waals surface area (Å²) in [6, 6.07) is 13.8. The van der Waals surface area contributed by atoms with E-state index < -0.39 is 0 Å². The molecule has 0 bridgehead atoms. The number of nitrogens with one attached hydrogen (secondary N) is 1. The summed E-state index contributed by atoms with van der Waals surface area (Å²) in [5.74, 6) is 1.25. The van der Waals surface area contributed by atoms with Gasteiger partial charge in [-0.1, -0.05) is 30.3 Å². The Morgan fingerprint density at radius 2 is 2.04 bits per heavy atom. The van der Waals surface area contributed by atoms with Crippen molar-refractivity contribution in [3.8, 4) is 0 Å². The van der Waals surface area contributed by atoms with E-state index in [1.165, 1.54) is 5.56 Å². The van der Waals surface area contributed by atoms with Crippen molar-refractivity contribution in [1.29, 1.82) is 0 Å². The first-order valence-electron chi connectivity index (χ1n) is 8.26. The van der Waals surface area contributed by atoms with Gasteiger partial charge in [-0.2, -0.15) is 0 Å². The van der Waals surface area contributed by atoms with Gasteiger partial charge in [0, 0.05) is 19.5 Å². The second-order valence-electron chi connectivity index (χ2n) is 6.21. The minimum absolute atomic E-state index is 0.0555. The average Bonchev–Trinajstić information content (AvgIpc) is 3.17. The molecule has 1 unspecified atom stereocenters. The molecule has 1 aliphatic heterocycles. The summed E-state index contributed by atoms with van der Waals surface area (Å²) in [5, 5.41) is 2.86. The van der Waals surface area contributed by atoms with Crippen molar-refractivity contribution in [3.05, 3.63) is 59.5 Å². The fraction of sp³-hybridized carbons (Fsp3) is 0.368. The molecular formula is C19H22N2O3. The van der Waals surface area contributed by atoms with Crippen molar-refractivity contribution >= 4 is 11.8 Å². The van der Waals surface area contributed by atoms with E-state index in [1.807, 2.05) is 37.3 Å². The zero-order valence-electron chi connectivity index (χ0n) is 13.8. The number of likely N-dealkylation sites (tertiary alicyclic amines) is 1. The van der Waals surface area contributed by atoms with Gasteiger partial charge >= 0.3 is 0 Å². The number of benzene rings is 1. The van der Waals surface area contributed by atoms with E-state index in [2.05, 4.69) is 17.4 Å². The summed E-state index contributed by atoms with van der Waals surface area (Å²) in [4.78, 5) is 26.2. The number of hydrogen-bond donors (Lipinski definition) is 1. The summed E-state index contributed by atoms with van der Waals surface area (Å²) < 4.78 is 5.43. The second-order valence-corrected chi connectivity index (χ2v) is 6.21. The number of aryl methyl sites for hydroxylation is 1. The standard InChI is InChI=1S/C19H22N2O3/c1-14-7-8-17(24-14)12-20-19(23)16-11-18(22)21(13-16)10-9-15-5-3-2-4-6-15/h2-8,16H,9-13H2,1H3,(H,20,23). The molecule has 126 valence electrons. The normalized spacial score (nSPS) is 17.3. The van der Waals surface area contributed by atoms with Crippen molar-refractivity contribution in [2.45, 2.75) is 26.3 Å². The van der Waals surface area contributed by atoms with Crippen LogP contribution in [0.3, 0.4) is 0 Å². The third-order valence-corrected chi connectivity index (χ3v) is 4.33. The molecule has 2 heterocycles. The number of carbonyl (C=O) groups excluding carboxylic acids is 2. The molecule has 24 heavy (non-hydrogen) atoms. The highest BCUT2D eigenvalue weighted by Crippen LogP contribution is 2.19. The minimum Gasteiger partial charge on any atom is -0.465 e. The molecule has 1 atom stereocenters. The Morgan fingerprint density at radius 3 is 2.75 bits per heavy atom. The molecule has 1 N–H and O–H groups in total. The molecule has 5 nitrogen and oxygen atoms in total. The predicted molar refractivity (Wildman–Crippen MR) is 90.1 cm³/mol. The third-order valence-electron chi connectivity index (χ3n) is 4.33. The van der Waals surface area contributed by atoms with Crippen LogP contribution in [-0.4, -0.2) is 29.8 Å². The average molecular weight is 326 g/mol. The van der Waals surface area contributed by atoms with Crippen molar-refractivity contribution in [3.63, 3.8) is 0 Å². The van der Waals surface area contributed by atoms with E-state index in [-0.39, 0.29) is 24.2 Å². The molecular weight excluding hydrogens is 304 g/mol. The number of rotatable bonds is 6. The van der Waals surface area contributed by atoms with Gasteiger partial charge in [-0.05, 0) is 31.0 Å². The first-order valence-corrected chi connectivity index (χ1v) is 8.26. The van der Waals surface area contributed by atoms with Gasteiger partial charge in [0.15, 0.2) is 0 Å². The number of nitrogens with zero attached hydrogens (tertiary/aromatic N) is 1. The Kier molecular flexibility index (Phi) is 4.99. The van der Waals surface area contributed by atoms with Gasteiger partial charge < -0.3 is 14.6 Å². The summed E-state index contributed by atoms with van der Waals surface area (Å²) in [6.45, 7) is 3.38. The highest BCUT2D eigenvalue weighted by atomic mass is 16.3. The van der Waals surface area contributed by atoms with Crippen molar-refractivity contribution in [2.75, 3.05) is 13.1 Å². The first kappa shape index (κ1) is 16.3. The number of hydrogen-bond acceptors (Lipinski definition) is 3. The van der Waals surface area contributed by atoms with E-state index in [1.54, 1.807) is 4.90 Å². The molecule has 3 rings (SSSR count). The van der Waals surface area contributed by atoms with Gasteiger partial charge in [0.1, 0.15) is 11.5 Å². The van der Waals surface area contributed by atoms with Crippen LogP contribution < -0.4 is 5.32 Å². The van der Waals surface area contributed by atoms with Crippen molar-refractivity contribution < 1.29 is 14.0 Å². The molecule has 5 heteroatoms. The van der Waals surface area contributed by atoms with Gasteiger partial charge in [0.25, 0.3) is 0 Å². The van der Waals surface area contributed by atoms with Crippen LogP contribution in [0.25, 0.3) is 0 Å². The highest BCUT2D eigenvalue weighted by Gasteiger charge is 2.33. The molecule has 1 aromatic heterocycles. The number of amides is 2. The summed E-state index contributed by atoms with van der Waals surface area (Å²) >= 11 is 0. The molecule has 1 fully saturated rings. The highest BCUT2D eigenvalue weighted by molar-refractivity contribution is 5.89. The maximum absolute atomic E-state index is 12.3. The smallest absolute Gasteiger partial charge is 0.225 e. The molecule has 0 saturated carbocycles. The Labute approximate surface area is 141 Å².